The van der Waals surface area contributed by atoms with Crippen molar-refractivity contribution in [2.75, 3.05) is 10.2 Å². The maximum Gasteiger partial charge on any atom is 0.291 e. The Balaban J connectivity index is 1.40. The highest BCUT2D eigenvalue weighted by Crippen LogP contribution is 2.32. The Labute approximate surface area is 169 Å². The van der Waals surface area contributed by atoms with E-state index in [-0.39, 0.29) is 23.6 Å². The van der Waals surface area contributed by atoms with E-state index in [0.717, 1.165) is 12.1 Å². The van der Waals surface area contributed by atoms with Crippen molar-refractivity contribution in [2.24, 2.45) is 0 Å². The van der Waals surface area contributed by atoms with Crippen LogP contribution in [0, 0.1) is 0 Å². The molecule has 0 spiro atoms. The molecule has 2 heterocycles. The molecule has 6 nitrogen and oxygen atoms in total. The Bertz CT molecular complexity index is 1010. The first kappa shape index (κ1) is 18.8. The molecule has 2 aromatic carbocycles. The van der Waals surface area contributed by atoms with Crippen molar-refractivity contribution < 1.29 is 18.7 Å². The van der Waals surface area contributed by atoms with Crippen LogP contribution in [0.15, 0.2) is 71.3 Å². The number of carbonyl (C=O) groups excluding carboxylic acids is 2. The van der Waals surface area contributed by atoms with Gasteiger partial charge >= 0.3 is 0 Å². The van der Waals surface area contributed by atoms with E-state index in [0.29, 0.717) is 11.4 Å². The lowest BCUT2D eigenvalue weighted by Crippen LogP contribution is -2.43. The normalized spacial score (nSPS) is 16.2. The van der Waals surface area contributed by atoms with E-state index in [9.17, 15) is 9.59 Å². The molecule has 1 N–H and O–H groups in total. The highest BCUT2D eigenvalue weighted by Gasteiger charge is 2.33. The average Bonchev–Trinajstić information content (AvgIpc) is 3.36. The minimum Gasteiger partial charge on any atom is -0.481 e. The average molecular weight is 390 g/mol. The van der Waals surface area contributed by atoms with Gasteiger partial charge in [-0.05, 0) is 68.3 Å². The van der Waals surface area contributed by atoms with Crippen molar-refractivity contribution in [3.05, 3.63) is 78.3 Å². The number of hydrogen-bond acceptors (Lipinski definition) is 4. The summed E-state index contributed by atoms with van der Waals surface area (Å²) in [6.07, 6.45) is 1.66. The molecule has 1 aliphatic heterocycles. The van der Waals surface area contributed by atoms with Crippen molar-refractivity contribution in [1.82, 2.24) is 0 Å². The second kappa shape index (κ2) is 7.83. The fraction of sp³-hybridized carbons (Fsp3) is 0.217. The number of anilines is 2. The van der Waals surface area contributed by atoms with E-state index < -0.39 is 6.10 Å². The number of nitrogens with zero attached hydrogens (tertiary/aromatic N) is 1. The number of benzene rings is 2. The molecular weight excluding hydrogens is 368 g/mol. The van der Waals surface area contributed by atoms with Gasteiger partial charge in [-0.2, -0.15) is 0 Å². The molecule has 0 saturated heterocycles. The third kappa shape index (κ3) is 3.87. The van der Waals surface area contributed by atoms with Crippen molar-refractivity contribution in [2.45, 2.75) is 32.4 Å². The first-order chi connectivity index (χ1) is 14.0. The van der Waals surface area contributed by atoms with Gasteiger partial charge < -0.3 is 19.4 Å². The molecule has 1 aliphatic rings. The number of amides is 2. The summed E-state index contributed by atoms with van der Waals surface area (Å²) >= 11 is 0. The van der Waals surface area contributed by atoms with E-state index in [1.54, 1.807) is 43.3 Å². The third-order valence-corrected chi connectivity index (χ3v) is 4.96. The summed E-state index contributed by atoms with van der Waals surface area (Å²) in [6.45, 7) is 3.80. The fourth-order valence-corrected chi connectivity index (χ4v) is 3.57. The second-order valence-corrected chi connectivity index (χ2v) is 7.11. The van der Waals surface area contributed by atoms with Gasteiger partial charge in [-0.25, -0.2) is 0 Å². The van der Waals surface area contributed by atoms with Gasteiger partial charge in [-0.1, -0.05) is 18.2 Å². The molecule has 1 aromatic heterocycles. The van der Waals surface area contributed by atoms with Crippen LogP contribution in [0.3, 0.4) is 0 Å². The molecule has 29 heavy (non-hydrogen) atoms. The number of para-hydroxylation sites is 1. The summed E-state index contributed by atoms with van der Waals surface area (Å²) in [7, 11) is 0. The number of rotatable bonds is 5. The highest BCUT2D eigenvalue weighted by atomic mass is 16.5. The summed E-state index contributed by atoms with van der Waals surface area (Å²) in [4.78, 5) is 26.8. The van der Waals surface area contributed by atoms with Crippen LogP contribution in [-0.2, 0) is 11.2 Å². The zero-order valence-corrected chi connectivity index (χ0v) is 16.3. The molecule has 4 rings (SSSR count). The lowest BCUT2D eigenvalue weighted by atomic mass is 10.1. The van der Waals surface area contributed by atoms with Crippen LogP contribution in [-0.4, -0.2) is 24.0 Å². The van der Waals surface area contributed by atoms with E-state index >= 15 is 0 Å². The van der Waals surface area contributed by atoms with Crippen LogP contribution < -0.4 is 15.0 Å². The van der Waals surface area contributed by atoms with Gasteiger partial charge in [0.05, 0.1) is 6.26 Å². The number of carbonyl (C=O) groups is 2. The van der Waals surface area contributed by atoms with Gasteiger partial charge in [-0.3, -0.25) is 9.59 Å². The zero-order chi connectivity index (χ0) is 20.4. The Morgan fingerprint density at radius 1 is 1.10 bits per heavy atom. The van der Waals surface area contributed by atoms with Crippen LogP contribution in [0.25, 0.3) is 0 Å². The van der Waals surface area contributed by atoms with E-state index in [1.165, 1.54) is 11.8 Å². The largest absolute Gasteiger partial charge is 0.481 e. The Hall–Kier alpha value is -3.54. The lowest BCUT2D eigenvalue weighted by Gasteiger charge is -2.26. The van der Waals surface area contributed by atoms with Gasteiger partial charge in [0.15, 0.2) is 11.9 Å². The minimum atomic E-state index is -0.632. The van der Waals surface area contributed by atoms with Gasteiger partial charge in [-0.15, -0.1) is 0 Å². The fourth-order valence-electron chi connectivity index (χ4n) is 3.57. The van der Waals surface area contributed by atoms with Crippen molar-refractivity contribution in [3.63, 3.8) is 0 Å². The number of furan rings is 1. The van der Waals surface area contributed by atoms with Crippen molar-refractivity contribution in [3.8, 4) is 5.75 Å². The maximum atomic E-state index is 13.0. The van der Waals surface area contributed by atoms with Crippen LogP contribution >= 0.6 is 0 Å². The molecule has 148 valence electrons. The molecule has 0 bridgehead atoms. The second-order valence-electron chi connectivity index (χ2n) is 7.11. The summed E-state index contributed by atoms with van der Waals surface area (Å²) in [6, 6.07) is 18.2. The minimum absolute atomic E-state index is 0.0716. The van der Waals surface area contributed by atoms with Gasteiger partial charge in [0, 0.05) is 17.4 Å². The van der Waals surface area contributed by atoms with E-state index in [4.69, 9.17) is 9.15 Å². The summed E-state index contributed by atoms with van der Waals surface area (Å²) in [5.74, 6) is 0.401. The van der Waals surface area contributed by atoms with Crippen LogP contribution in [0.4, 0.5) is 11.4 Å². The molecule has 0 fully saturated rings. The van der Waals surface area contributed by atoms with E-state index in [2.05, 4.69) is 11.4 Å². The predicted octanol–water partition coefficient (Wildman–Crippen LogP) is 4.28. The van der Waals surface area contributed by atoms with Crippen LogP contribution in [0.2, 0.25) is 0 Å². The van der Waals surface area contributed by atoms with Gasteiger partial charge in [0.1, 0.15) is 5.75 Å². The van der Waals surface area contributed by atoms with Crippen molar-refractivity contribution in [1.29, 1.82) is 0 Å². The molecule has 0 aliphatic carbocycles. The van der Waals surface area contributed by atoms with E-state index in [1.807, 2.05) is 30.0 Å². The Morgan fingerprint density at radius 2 is 1.86 bits per heavy atom. The maximum absolute atomic E-state index is 13.0. The molecule has 3 aromatic rings. The highest BCUT2D eigenvalue weighted by molar-refractivity contribution is 6.02. The predicted molar refractivity (Wildman–Crippen MR) is 110 cm³/mol. The Morgan fingerprint density at radius 3 is 2.59 bits per heavy atom. The van der Waals surface area contributed by atoms with Gasteiger partial charge in [0.2, 0.25) is 0 Å². The molecule has 0 unspecified atom stereocenters. The topological polar surface area (TPSA) is 71.8 Å². The molecular formula is C23H22N2O4. The molecule has 0 saturated carbocycles. The quantitative estimate of drug-likeness (QED) is 0.706. The van der Waals surface area contributed by atoms with Crippen LogP contribution in [0.5, 0.6) is 5.75 Å². The summed E-state index contributed by atoms with van der Waals surface area (Å²) < 4.78 is 10.9. The smallest absolute Gasteiger partial charge is 0.291 e. The van der Waals surface area contributed by atoms with Crippen molar-refractivity contribution >= 4 is 23.2 Å². The summed E-state index contributed by atoms with van der Waals surface area (Å²) in [5.41, 5.74) is 2.74. The monoisotopic (exact) mass is 390 g/mol. The first-order valence-corrected chi connectivity index (χ1v) is 9.55. The number of nitrogens with one attached hydrogen (secondary N) is 1. The number of ether oxygens (including phenoxy) is 1. The first-order valence-electron chi connectivity index (χ1n) is 9.55. The lowest BCUT2D eigenvalue weighted by molar-refractivity contribution is -0.124. The zero-order valence-electron chi connectivity index (χ0n) is 16.3. The van der Waals surface area contributed by atoms with Crippen LogP contribution in [0.1, 0.15) is 30.0 Å². The summed E-state index contributed by atoms with van der Waals surface area (Å²) in [5, 5.41) is 2.75. The number of fused-ring (bicyclic) bond motifs is 1. The SMILES string of the molecule is C[C@H](Oc1ccc(NC(=O)c2ccco2)cc1)C(=O)N1c2ccccc2C[C@H]1C. The Kier molecular flexibility index (Phi) is 5.08. The van der Waals surface area contributed by atoms with Gasteiger partial charge in [0.25, 0.3) is 11.8 Å². The third-order valence-electron chi connectivity index (χ3n) is 4.96. The molecule has 2 atom stereocenters. The number of hydrogen-bond donors (Lipinski definition) is 1. The molecule has 2 amide bonds. The molecule has 0 radical (unpaired) electrons. The standard InChI is InChI=1S/C23H22N2O4/c1-15-14-17-6-3-4-7-20(17)25(15)23(27)16(2)29-19-11-9-18(10-12-19)24-22(26)21-8-5-13-28-21/h3-13,15-16H,14H2,1-2H3,(H,24,26)/t15-,16+/m1/s1. The molecule has 6 heteroatoms.